The van der Waals surface area contributed by atoms with E-state index in [0.717, 1.165) is 22.5 Å². The van der Waals surface area contributed by atoms with E-state index in [1.807, 2.05) is 31.2 Å². The summed E-state index contributed by atoms with van der Waals surface area (Å²) < 4.78 is 27.6. The molecule has 1 aromatic heterocycles. The predicted molar refractivity (Wildman–Crippen MR) is 118 cm³/mol. The van der Waals surface area contributed by atoms with E-state index in [1.165, 1.54) is 0 Å². The lowest BCUT2D eigenvalue weighted by Gasteiger charge is -2.19. The Bertz CT molecular complexity index is 1130. The number of carbonyl (C=O) groups excluding carboxylic acids is 1. The molecule has 3 rings (SSSR count). The number of amides is 1. The van der Waals surface area contributed by atoms with Gasteiger partial charge >= 0.3 is 0 Å². The van der Waals surface area contributed by atoms with Crippen molar-refractivity contribution >= 4 is 33.0 Å². The Kier molecular flexibility index (Phi) is 6.35. The molecule has 3 aromatic rings. The van der Waals surface area contributed by atoms with Crippen LogP contribution in [0.2, 0.25) is 0 Å². The first kappa shape index (κ1) is 22.1. The van der Waals surface area contributed by atoms with Crippen LogP contribution in [0.5, 0.6) is 0 Å². The highest BCUT2D eigenvalue weighted by molar-refractivity contribution is 7.89. The summed E-state index contributed by atoms with van der Waals surface area (Å²) in [5.74, 6) is -0.386. The van der Waals surface area contributed by atoms with E-state index < -0.39 is 10.0 Å². The lowest BCUT2D eigenvalue weighted by molar-refractivity contribution is 0.102. The highest BCUT2D eigenvalue weighted by Gasteiger charge is 2.19. The van der Waals surface area contributed by atoms with Gasteiger partial charge in [-0.2, -0.15) is 0 Å². The molecule has 0 aliphatic heterocycles. The van der Waals surface area contributed by atoms with Crippen molar-refractivity contribution in [2.75, 3.05) is 5.32 Å². The first-order valence-corrected chi connectivity index (χ1v) is 11.7. The number of sulfonamides is 1. The van der Waals surface area contributed by atoms with Crippen LogP contribution in [0.15, 0.2) is 53.4 Å². The van der Waals surface area contributed by atoms with Crippen LogP contribution < -0.4 is 10.0 Å². The summed E-state index contributed by atoms with van der Waals surface area (Å²) in [7, 11) is -3.70. The van der Waals surface area contributed by atoms with Crippen LogP contribution in [-0.2, 0) is 22.0 Å². The molecule has 1 amide bonds. The smallest absolute Gasteiger partial charge is 0.286 e. The van der Waals surface area contributed by atoms with Gasteiger partial charge < -0.3 is 5.32 Å². The molecule has 0 aliphatic rings. The van der Waals surface area contributed by atoms with E-state index in [-0.39, 0.29) is 27.8 Å². The Hall–Kier alpha value is -2.62. The molecule has 0 radical (unpaired) electrons. The van der Waals surface area contributed by atoms with Crippen molar-refractivity contribution in [1.29, 1.82) is 0 Å². The largest absolute Gasteiger partial charge is 0.320 e. The van der Waals surface area contributed by atoms with Crippen LogP contribution in [0.25, 0.3) is 0 Å². The Morgan fingerprint density at radius 1 is 1.00 bits per heavy atom. The maximum atomic E-state index is 12.5. The molecule has 0 spiro atoms. The Morgan fingerprint density at radius 3 is 2.23 bits per heavy atom. The van der Waals surface area contributed by atoms with Gasteiger partial charge in [0.15, 0.2) is 0 Å². The van der Waals surface area contributed by atoms with Crippen molar-refractivity contribution in [2.45, 2.75) is 44.6 Å². The molecule has 2 N–H and O–H groups in total. The van der Waals surface area contributed by atoms with Crippen molar-refractivity contribution in [2.24, 2.45) is 0 Å². The third-order valence-corrected chi connectivity index (χ3v) is 6.75. The lowest BCUT2D eigenvalue weighted by atomic mass is 9.87. The average molecular weight is 445 g/mol. The van der Waals surface area contributed by atoms with Gasteiger partial charge in [0, 0.05) is 5.69 Å². The number of hydrogen-bond acceptors (Lipinski definition) is 6. The molecule has 30 heavy (non-hydrogen) atoms. The highest BCUT2D eigenvalue weighted by Crippen LogP contribution is 2.23. The number of nitrogens with one attached hydrogen (secondary N) is 2. The Labute approximate surface area is 180 Å². The molecule has 1 heterocycles. The number of hydrogen-bond donors (Lipinski definition) is 2. The summed E-state index contributed by atoms with van der Waals surface area (Å²) in [6.07, 6.45) is 0. The van der Waals surface area contributed by atoms with Gasteiger partial charge in [0.05, 0.1) is 11.4 Å². The van der Waals surface area contributed by atoms with Crippen molar-refractivity contribution < 1.29 is 13.2 Å². The van der Waals surface area contributed by atoms with Gasteiger partial charge in [0.2, 0.25) is 15.0 Å². The second-order valence-corrected chi connectivity index (χ2v) is 10.7. The van der Waals surface area contributed by atoms with E-state index in [0.29, 0.717) is 10.7 Å². The molecule has 0 fully saturated rings. The van der Waals surface area contributed by atoms with Gasteiger partial charge in [-0.15, -0.1) is 10.2 Å². The fraction of sp³-hybridized carbons (Fsp3) is 0.286. The molecular formula is C21H24N4O3S2. The van der Waals surface area contributed by atoms with Crippen molar-refractivity contribution in [1.82, 2.24) is 14.9 Å². The zero-order valence-corrected chi connectivity index (χ0v) is 18.9. The number of nitrogens with zero attached hydrogens (tertiary/aromatic N) is 2. The van der Waals surface area contributed by atoms with Crippen molar-refractivity contribution in [3.05, 3.63) is 69.7 Å². The van der Waals surface area contributed by atoms with Gasteiger partial charge in [-0.25, -0.2) is 13.1 Å². The first-order valence-electron chi connectivity index (χ1n) is 9.35. The van der Waals surface area contributed by atoms with E-state index in [2.05, 4.69) is 41.0 Å². The van der Waals surface area contributed by atoms with E-state index >= 15 is 0 Å². The normalized spacial score (nSPS) is 12.0. The lowest BCUT2D eigenvalue weighted by Crippen LogP contribution is -2.23. The van der Waals surface area contributed by atoms with Gasteiger partial charge in [-0.1, -0.05) is 61.9 Å². The molecule has 0 saturated heterocycles. The minimum absolute atomic E-state index is 0.0428. The summed E-state index contributed by atoms with van der Waals surface area (Å²) in [6, 6.07) is 14.2. The second-order valence-electron chi connectivity index (χ2n) is 7.92. The maximum Gasteiger partial charge on any atom is 0.286 e. The summed E-state index contributed by atoms with van der Waals surface area (Å²) in [5.41, 5.74) is 2.74. The van der Waals surface area contributed by atoms with E-state index in [4.69, 9.17) is 0 Å². The molecule has 0 saturated carbocycles. The number of anilines is 1. The average Bonchev–Trinajstić information content (AvgIpc) is 3.17. The van der Waals surface area contributed by atoms with Crippen molar-refractivity contribution in [3.8, 4) is 0 Å². The molecule has 158 valence electrons. The Balaban J connectivity index is 1.62. The summed E-state index contributed by atoms with van der Waals surface area (Å²) >= 11 is 1.04. The zero-order valence-electron chi connectivity index (χ0n) is 17.3. The summed E-state index contributed by atoms with van der Waals surface area (Å²) in [5, 5.41) is 11.1. The van der Waals surface area contributed by atoms with Gasteiger partial charge in [-0.05, 0) is 42.2 Å². The van der Waals surface area contributed by atoms with Crippen LogP contribution in [0.3, 0.4) is 0 Å². The van der Waals surface area contributed by atoms with Gasteiger partial charge in [0.25, 0.3) is 5.91 Å². The maximum absolute atomic E-state index is 12.5. The third-order valence-electron chi connectivity index (χ3n) is 4.41. The molecule has 0 atom stereocenters. The van der Waals surface area contributed by atoms with Gasteiger partial charge in [-0.3, -0.25) is 4.79 Å². The minimum Gasteiger partial charge on any atom is -0.320 e. The third kappa shape index (κ3) is 5.50. The number of carbonyl (C=O) groups is 1. The number of rotatable bonds is 6. The highest BCUT2D eigenvalue weighted by atomic mass is 32.2. The number of aromatic nitrogens is 2. The summed E-state index contributed by atoms with van der Waals surface area (Å²) in [4.78, 5) is 12.5. The first-order chi connectivity index (χ1) is 14.0. The second kappa shape index (κ2) is 8.63. The van der Waals surface area contributed by atoms with Crippen LogP contribution in [-0.4, -0.2) is 24.5 Å². The zero-order chi connectivity index (χ0) is 21.9. The number of aryl methyl sites for hydroxylation is 1. The fourth-order valence-electron chi connectivity index (χ4n) is 2.61. The topological polar surface area (TPSA) is 101 Å². The van der Waals surface area contributed by atoms with Crippen LogP contribution in [0.1, 0.15) is 46.7 Å². The molecule has 0 aliphatic carbocycles. The van der Waals surface area contributed by atoms with Crippen molar-refractivity contribution in [3.63, 3.8) is 0 Å². The van der Waals surface area contributed by atoms with Crippen LogP contribution in [0, 0.1) is 6.92 Å². The van der Waals surface area contributed by atoms with E-state index in [1.54, 1.807) is 24.3 Å². The quantitative estimate of drug-likeness (QED) is 0.601. The fourth-order valence-corrected chi connectivity index (χ4v) is 4.37. The molecule has 2 aromatic carbocycles. The number of benzene rings is 2. The molecule has 7 nitrogen and oxygen atoms in total. The molecule has 9 heteroatoms. The van der Waals surface area contributed by atoms with Crippen LogP contribution >= 0.6 is 11.3 Å². The van der Waals surface area contributed by atoms with Gasteiger partial charge in [0.1, 0.15) is 5.01 Å². The SMILES string of the molecule is Cc1ccc(NC(=O)c2nnc(CNS(=O)(=O)c3ccc(C(C)(C)C)cc3)s2)cc1. The monoisotopic (exact) mass is 444 g/mol. The van der Waals surface area contributed by atoms with Crippen LogP contribution in [0.4, 0.5) is 5.69 Å². The minimum atomic E-state index is -3.70. The van der Waals surface area contributed by atoms with E-state index in [9.17, 15) is 13.2 Å². The Morgan fingerprint density at radius 2 is 1.63 bits per heavy atom. The molecule has 0 unspecified atom stereocenters. The summed E-state index contributed by atoms with van der Waals surface area (Å²) in [6.45, 7) is 8.12. The predicted octanol–water partition coefficient (Wildman–Crippen LogP) is 3.87. The molecule has 0 bridgehead atoms. The standard InChI is InChI=1S/C21H24N4O3S2/c1-14-5-9-16(10-6-14)23-19(26)20-25-24-18(29-20)13-22-30(27,28)17-11-7-15(8-12-17)21(2,3)4/h5-12,22H,13H2,1-4H3,(H,23,26). The molecular weight excluding hydrogens is 420 g/mol.